The summed E-state index contributed by atoms with van der Waals surface area (Å²) in [6.07, 6.45) is 0.655. The zero-order chi connectivity index (χ0) is 18.7. The number of nitrogens with zero attached hydrogens (tertiary/aromatic N) is 4. The molecule has 1 aliphatic heterocycles. The number of pyridine rings is 1. The maximum absolute atomic E-state index is 12.3. The molecule has 0 unspecified atom stereocenters. The van der Waals surface area contributed by atoms with Crippen LogP contribution in [0.25, 0.3) is 0 Å². The third kappa shape index (κ3) is 4.37. The first-order valence-corrected chi connectivity index (χ1v) is 9.76. The zero-order valence-corrected chi connectivity index (χ0v) is 16.5. The average Bonchev–Trinajstić information content (AvgIpc) is 3.08. The van der Waals surface area contributed by atoms with E-state index in [1.807, 2.05) is 37.8 Å². The minimum atomic E-state index is -0.215. The number of amides is 1. The minimum absolute atomic E-state index is 0.0124. The van der Waals surface area contributed by atoms with E-state index in [0.717, 1.165) is 33.6 Å². The van der Waals surface area contributed by atoms with Crippen LogP contribution in [-0.2, 0) is 16.0 Å². The van der Waals surface area contributed by atoms with E-state index in [4.69, 9.17) is 4.74 Å². The largest absolute Gasteiger partial charge is 0.368 e. The van der Waals surface area contributed by atoms with Crippen LogP contribution < -0.4 is 5.32 Å². The number of aromatic nitrogens is 3. The Balaban J connectivity index is 1.77. The van der Waals surface area contributed by atoms with E-state index in [-0.39, 0.29) is 17.9 Å². The lowest BCUT2D eigenvalue weighted by Gasteiger charge is -2.34. The fourth-order valence-corrected chi connectivity index (χ4v) is 3.60. The number of rotatable bonds is 5. The van der Waals surface area contributed by atoms with E-state index < -0.39 is 0 Å². The van der Waals surface area contributed by atoms with Gasteiger partial charge in [0.25, 0.3) is 0 Å². The average molecular weight is 375 g/mol. The molecule has 3 heterocycles. The van der Waals surface area contributed by atoms with Gasteiger partial charge in [0.15, 0.2) is 0 Å². The van der Waals surface area contributed by atoms with Gasteiger partial charge in [-0.05, 0) is 25.5 Å². The van der Waals surface area contributed by atoms with Crippen LogP contribution in [0.1, 0.15) is 43.3 Å². The van der Waals surface area contributed by atoms with E-state index in [1.54, 1.807) is 11.3 Å². The van der Waals surface area contributed by atoms with Crippen molar-refractivity contribution >= 4 is 28.1 Å². The van der Waals surface area contributed by atoms with Crippen molar-refractivity contribution in [1.29, 1.82) is 0 Å². The molecule has 2 aromatic rings. The van der Waals surface area contributed by atoms with Crippen molar-refractivity contribution in [2.45, 2.75) is 40.2 Å². The summed E-state index contributed by atoms with van der Waals surface area (Å²) in [4.78, 5) is 18.8. The van der Waals surface area contributed by atoms with Gasteiger partial charge in [0.1, 0.15) is 11.1 Å². The van der Waals surface area contributed by atoms with Crippen LogP contribution >= 0.6 is 11.3 Å². The van der Waals surface area contributed by atoms with Crippen molar-refractivity contribution in [3.63, 3.8) is 0 Å². The highest BCUT2D eigenvalue weighted by molar-refractivity contribution is 7.15. The molecule has 0 saturated carbocycles. The Bertz CT molecular complexity index is 777. The molecular formula is C18H25N5O2S. The molecule has 8 heteroatoms. The molecule has 1 amide bonds. The van der Waals surface area contributed by atoms with Crippen LogP contribution in [0.2, 0.25) is 0 Å². The Morgan fingerprint density at radius 1 is 1.42 bits per heavy atom. The molecule has 1 fully saturated rings. The van der Waals surface area contributed by atoms with Gasteiger partial charge in [0.05, 0.1) is 18.8 Å². The van der Waals surface area contributed by atoms with Crippen LogP contribution in [0.3, 0.4) is 0 Å². The molecule has 7 nitrogen and oxygen atoms in total. The van der Waals surface area contributed by atoms with Gasteiger partial charge in [0, 0.05) is 23.8 Å². The van der Waals surface area contributed by atoms with Crippen molar-refractivity contribution in [1.82, 2.24) is 20.1 Å². The lowest BCUT2D eigenvalue weighted by atomic mass is 10.1. The van der Waals surface area contributed by atoms with Crippen molar-refractivity contribution < 1.29 is 9.53 Å². The quantitative estimate of drug-likeness (QED) is 0.865. The van der Waals surface area contributed by atoms with E-state index in [0.29, 0.717) is 19.7 Å². The normalized spacial score (nSPS) is 17.6. The second-order valence-electron chi connectivity index (χ2n) is 6.70. The van der Waals surface area contributed by atoms with Crippen molar-refractivity contribution in [3.05, 3.63) is 28.5 Å². The summed E-state index contributed by atoms with van der Waals surface area (Å²) >= 11 is 1.54. The number of hydrogen-bond acceptors (Lipinski definition) is 7. The lowest BCUT2D eigenvalue weighted by Crippen LogP contribution is -2.44. The molecule has 2 aromatic heterocycles. The second kappa shape index (κ2) is 8.09. The van der Waals surface area contributed by atoms with Crippen molar-refractivity contribution in [2.24, 2.45) is 5.92 Å². The topological polar surface area (TPSA) is 80.2 Å². The lowest BCUT2D eigenvalue weighted by molar-refractivity contribution is -0.142. The number of aryl methyl sites for hydroxylation is 2. The molecule has 0 aliphatic carbocycles. The minimum Gasteiger partial charge on any atom is -0.368 e. The summed E-state index contributed by atoms with van der Waals surface area (Å²) < 4.78 is 5.90. The molecular weight excluding hydrogens is 350 g/mol. The first-order valence-electron chi connectivity index (χ1n) is 8.94. The van der Waals surface area contributed by atoms with Gasteiger partial charge in [-0.25, -0.2) is 0 Å². The van der Waals surface area contributed by atoms with E-state index >= 15 is 0 Å². The zero-order valence-electron chi connectivity index (χ0n) is 15.7. The number of carbonyl (C=O) groups is 1. The smallest absolute Gasteiger partial charge is 0.225 e. The summed E-state index contributed by atoms with van der Waals surface area (Å²) in [7, 11) is 0. The highest BCUT2D eigenvalue weighted by Crippen LogP contribution is 2.27. The van der Waals surface area contributed by atoms with Crippen LogP contribution in [-0.4, -0.2) is 45.7 Å². The van der Waals surface area contributed by atoms with Crippen LogP contribution in [0.5, 0.6) is 0 Å². The number of anilines is 2. The second-order valence-corrected chi connectivity index (χ2v) is 7.76. The summed E-state index contributed by atoms with van der Waals surface area (Å²) in [5.74, 6) is 0.145. The van der Waals surface area contributed by atoms with Crippen LogP contribution in [0.15, 0.2) is 12.1 Å². The SMILES string of the molecule is CCc1nnc(Nc2cc(C)nc([C@H]3CN(C(=O)C(C)C)CCO3)c2)s1. The number of nitrogens with one attached hydrogen (secondary N) is 1. The molecule has 1 aliphatic rings. The Morgan fingerprint density at radius 3 is 2.92 bits per heavy atom. The monoisotopic (exact) mass is 375 g/mol. The summed E-state index contributed by atoms with van der Waals surface area (Å²) in [6, 6.07) is 3.93. The third-order valence-electron chi connectivity index (χ3n) is 4.20. The molecule has 0 radical (unpaired) electrons. The van der Waals surface area contributed by atoms with Crippen LogP contribution in [0, 0.1) is 12.8 Å². The van der Waals surface area contributed by atoms with Crippen molar-refractivity contribution in [3.8, 4) is 0 Å². The molecule has 26 heavy (non-hydrogen) atoms. The molecule has 0 bridgehead atoms. The highest BCUT2D eigenvalue weighted by atomic mass is 32.1. The predicted molar refractivity (Wildman–Crippen MR) is 102 cm³/mol. The van der Waals surface area contributed by atoms with E-state index in [9.17, 15) is 4.79 Å². The van der Waals surface area contributed by atoms with Gasteiger partial charge in [-0.3, -0.25) is 9.78 Å². The molecule has 1 N–H and O–H groups in total. The molecule has 0 spiro atoms. The van der Waals surface area contributed by atoms with Gasteiger partial charge < -0.3 is 15.0 Å². The fraction of sp³-hybridized carbons (Fsp3) is 0.556. The standard InChI is InChI=1S/C18H25N5O2S/c1-5-16-21-22-18(26-16)20-13-8-12(4)19-14(9-13)15-10-23(6-7-25-15)17(24)11(2)3/h8-9,11,15H,5-7,10H2,1-4H3,(H,19,20,22)/t15-/m1/s1. The molecule has 1 saturated heterocycles. The third-order valence-corrected chi connectivity index (χ3v) is 5.18. The highest BCUT2D eigenvalue weighted by Gasteiger charge is 2.27. The van der Waals surface area contributed by atoms with E-state index in [1.165, 1.54) is 0 Å². The maximum atomic E-state index is 12.3. The first kappa shape index (κ1) is 18.7. The predicted octanol–water partition coefficient (Wildman–Crippen LogP) is 3.10. The Labute approximate surface area is 157 Å². The molecule has 3 rings (SSSR count). The number of carbonyl (C=O) groups excluding carboxylic acids is 1. The molecule has 0 aromatic carbocycles. The van der Waals surface area contributed by atoms with Gasteiger partial charge in [-0.2, -0.15) is 0 Å². The van der Waals surface area contributed by atoms with Gasteiger partial charge in [0.2, 0.25) is 11.0 Å². The van der Waals surface area contributed by atoms with Gasteiger partial charge >= 0.3 is 0 Å². The van der Waals surface area contributed by atoms with Gasteiger partial charge in [-0.15, -0.1) is 10.2 Å². The Morgan fingerprint density at radius 2 is 2.23 bits per heavy atom. The summed E-state index contributed by atoms with van der Waals surface area (Å²) in [5, 5.41) is 13.4. The summed E-state index contributed by atoms with van der Waals surface area (Å²) in [5.41, 5.74) is 2.62. The van der Waals surface area contributed by atoms with E-state index in [2.05, 4.69) is 27.4 Å². The van der Waals surface area contributed by atoms with Gasteiger partial charge in [-0.1, -0.05) is 32.1 Å². The summed E-state index contributed by atoms with van der Waals surface area (Å²) in [6.45, 7) is 9.55. The Hall–Kier alpha value is -2.06. The van der Waals surface area contributed by atoms with Crippen LogP contribution in [0.4, 0.5) is 10.8 Å². The Kier molecular flexibility index (Phi) is 5.83. The van der Waals surface area contributed by atoms with Crippen molar-refractivity contribution in [2.75, 3.05) is 25.0 Å². The number of morpholine rings is 1. The first-order chi connectivity index (χ1) is 12.5. The number of hydrogen-bond donors (Lipinski definition) is 1. The molecule has 1 atom stereocenters. The maximum Gasteiger partial charge on any atom is 0.225 e. The molecule has 140 valence electrons. The fourth-order valence-electron chi connectivity index (χ4n) is 2.90. The number of ether oxygens (including phenoxy) is 1.